The maximum absolute atomic E-state index is 13.6. The smallest absolute Gasteiger partial charge is 0.302 e. The van der Waals surface area contributed by atoms with Crippen LogP contribution in [-0.4, -0.2) is 40.8 Å². The summed E-state index contributed by atoms with van der Waals surface area (Å²) in [7, 11) is 0. The van der Waals surface area contributed by atoms with Crippen molar-refractivity contribution in [2.75, 3.05) is 0 Å². The quantitative estimate of drug-likeness (QED) is 0.305. The molecule has 0 radical (unpaired) electrons. The molecular weight excluding hydrogens is 440 g/mol. The van der Waals surface area contributed by atoms with E-state index in [0.29, 0.717) is 36.0 Å². The highest BCUT2D eigenvalue weighted by molar-refractivity contribution is 5.89. The van der Waals surface area contributed by atoms with Crippen LogP contribution in [0.1, 0.15) is 92.9 Å². The van der Waals surface area contributed by atoms with Crippen LogP contribution in [0.5, 0.6) is 0 Å². The Kier molecular flexibility index (Phi) is 6.12. The SMILES string of the molecule is C=C(CCC(C)C1CCC2C3CC4OC45CC(O)CC(=O)C5(C)C3C(OC(C)=O)CC12C)C(C)C. The lowest BCUT2D eigenvalue weighted by molar-refractivity contribution is -0.194. The third-order valence-corrected chi connectivity index (χ3v) is 11.6. The molecule has 5 nitrogen and oxygen atoms in total. The van der Waals surface area contributed by atoms with Crippen LogP contribution in [0, 0.1) is 46.3 Å². The lowest BCUT2D eigenvalue weighted by Crippen LogP contribution is -2.66. The molecular formula is C30H46O5. The van der Waals surface area contributed by atoms with Gasteiger partial charge >= 0.3 is 5.97 Å². The van der Waals surface area contributed by atoms with Crippen LogP contribution in [0.3, 0.4) is 0 Å². The number of aliphatic hydroxyl groups excluding tert-OH is 1. The summed E-state index contributed by atoms with van der Waals surface area (Å²) in [6.45, 7) is 17.2. The number of ether oxygens (including phenoxy) is 2. The van der Waals surface area contributed by atoms with Gasteiger partial charge in [0.15, 0.2) is 0 Å². The van der Waals surface area contributed by atoms with Crippen molar-refractivity contribution < 1.29 is 24.2 Å². The molecule has 4 saturated carbocycles. The molecule has 5 heteroatoms. The van der Waals surface area contributed by atoms with Gasteiger partial charge in [-0.3, -0.25) is 9.59 Å². The molecule has 0 aromatic carbocycles. The average molecular weight is 487 g/mol. The van der Waals surface area contributed by atoms with E-state index >= 15 is 0 Å². The monoisotopic (exact) mass is 486 g/mol. The third kappa shape index (κ3) is 3.61. The average Bonchev–Trinajstić information content (AvgIpc) is 3.34. The molecule has 1 spiro atoms. The zero-order valence-electron chi connectivity index (χ0n) is 22.6. The number of epoxide rings is 1. The second-order valence-electron chi connectivity index (χ2n) is 13.6. The van der Waals surface area contributed by atoms with Gasteiger partial charge in [0.2, 0.25) is 0 Å². The Bertz CT molecular complexity index is 910. The Labute approximate surface area is 211 Å². The number of carbonyl (C=O) groups is 2. The van der Waals surface area contributed by atoms with E-state index in [1.165, 1.54) is 25.3 Å². The Morgan fingerprint density at radius 2 is 1.94 bits per heavy atom. The number of allylic oxidation sites excluding steroid dienone is 1. The zero-order chi connectivity index (χ0) is 25.5. The summed E-state index contributed by atoms with van der Waals surface area (Å²) in [5.74, 6) is 2.32. The number of fused-ring (bicyclic) bond motifs is 4. The summed E-state index contributed by atoms with van der Waals surface area (Å²) in [5.41, 5.74) is 0.151. The van der Waals surface area contributed by atoms with Crippen molar-refractivity contribution >= 4 is 11.8 Å². The van der Waals surface area contributed by atoms with Gasteiger partial charge in [0.1, 0.15) is 17.5 Å². The summed E-state index contributed by atoms with van der Waals surface area (Å²) >= 11 is 0. The number of rotatable bonds is 6. The standard InChI is InChI=1S/C30H46O5/c1-16(2)17(3)8-9-18(4)22-10-11-23-21-13-26-30(35-26)14-20(32)12-25(33)29(30,7)27(21)24(34-19(5)31)15-28(22,23)6/h16,18,20-24,26-27,32H,3,8-15H2,1-2,4-7H3. The van der Waals surface area contributed by atoms with E-state index in [2.05, 4.69) is 41.2 Å². The first kappa shape index (κ1) is 25.4. The van der Waals surface area contributed by atoms with Gasteiger partial charge in [0.25, 0.3) is 0 Å². The molecule has 1 N–H and O–H groups in total. The number of ketones is 1. The second-order valence-corrected chi connectivity index (χ2v) is 13.6. The van der Waals surface area contributed by atoms with Crippen LogP contribution in [0.4, 0.5) is 0 Å². The van der Waals surface area contributed by atoms with E-state index in [9.17, 15) is 14.7 Å². The van der Waals surface area contributed by atoms with Gasteiger partial charge < -0.3 is 14.6 Å². The molecule has 5 aliphatic rings. The predicted molar refractivity (Wildman–Crippen MR) is 134 cm³/mol. The van der Waals surface area contributed by atoms with Crippen LogP contribution in [0.25, 0.3) is 0 Å². The molecule has 0 bridgehead atoms. The van der Waals surface area contributed by atoms with Gasteiger partial charge in [-0.15, -0.1) is 0 Å². The first-order chi connectivity index (χ1) is 16.3. The first-order valence-corrected chi connectivity index (χ1v) is 14.1. The molecule has 4 aliphatic carbocycles. The fourth-order valence-corrected chi connectivity index (χ4v) is 9.77. The van der Waals surface area contributed by atoms with Crippen molar-refractivity contribution in [2.45, 2.75) is 117 Å². The van der Waals surface area contributed by atoms with Gasteiger partial charge in [-0.2, -0.15) is 0 Å². The van der Waals surface area contributed by atoms with Gasteiger partial charge in [-0.1, -0.05) is 39.8 Å². The number of hydrogen-bond donors (Lipinski definition) is 1. The van der Waals surface area contributed by atoms with E-state index < -0.39 is 17.1 Å². The summed E-state index contributed by atoms with van der Waals surface area (Å²) in [4.78, 5) is 26.0. The number of aliphatic hydroxyl groups is 1. The maximum atomic E-state index is 13.6. The third-order valence-electron chi connectivity index (χ3n) is 11.6. The summed E-state index contributed by atoms with van der Waals surface area (Å²) < 4.78 is 12.5. The predicted octanol–water partition coefficient (Wildman–Crippen LogP) is 5.49. The Morgan fingerprint density at radius 3 is 2.60 bits per heavy atom. The molecule has 5 fully saturated rings. The van der Waals surface area contributed by atoms with Crippen molar-refractivity contribution in [1.29, 1.82) is 0 Å². The second kappa shape index (κ2) is 8.41. The van der Waals surface area contributed by atoms with Gasteiger partial charge in [-0.05, 0) is 80.5 Å². The molecule has 1 heterocycles. The van der Waals surface area contributed by atoms with Crippen molar-refractivity contribution in [3.05, 3.63) is 12.2 Å². The molecule has 11 unspecified atom stereocenters. The zero-order valence-corrected chi connectivity index (χ0v) is 22.6. The Morgan fingerprint density at radius 1 is 1.23 bits per heavy atom. The Balaban J connectivity index is 1.46. The minimum absolute atomic E-state index is 0.0296. The van der Waals surface area contributed by atoms with Gasteiger partial charge in [-0.25, -0.2) is 0 Å². The summed E-state index contributed by atoms with van der Waals surface area (Å²) in [6, 6.07) is 0. The molecule has 0 amide bonds. The highest BCUT2D eigenvalue weighted by Gasteiger charge is 2.80. The minimum atomic E-state index is -0.694. The van der Waals surface area contributed by atoms with E-state index in [-0.39, 0.29) is 41.7 Å². The highest BCUT2D eigenvalue weighted by atomic mass is 16.6. The van der Waals surface area contributed by atoms with Crippen LogP contribution >= 0.6 is 0 Å². The molecule has 0 aromatic heterocycles. The van der Waals surface area contributed by atoms with Crippen molar-refractivity contribution in [3.63, 3.8) is 0 Å². The van der Waals surface area contributed by atoms with Crippen molar-refractivity contribution in [3.8, 4) is 0 Å². The van der Waals surface area contributed by atoms with Crippen molar-refractivity contribution in [1.82, 2.24) is 0 Å². The van der Waals surface area contributed by atoms with Crippen LogP contribution in [0.15, 0.2) is 12.2 Å². The number of hydrogen-bond acceptors (Lipinski definition) is 5. The van der Waals surface area contributed by atoms with Crippen LogP contribution < -0.4 is 0 Å². The topological polar surface area (TPSA) is 76.1 Å². The normalized spacial score (nSPS) is 48.9. The van der Waals surface area contributed by atoms with Crippen molar-refractivity contribution in [2.24, 2.45) is 46.3 Å². The highest BCUT2D eigenvalue weighted by Crippen LogP contribution is 2.74. The molecule has 5 rings (SSSR count). The minimum Gasteiger partial charge on any atom is -0.462 e. The first-order valence-electron chi connectivity index (χ1n) is 14.1. The summed E-state index contributed by atoms with van der Waals surface area (Å²) in [6.07, 6.45) is 6.20. The van der Waals surface area contributed by atoms with Gasteiger partial charge in [0, 0.05) is 25.7 Å². The van der Waals surface area contributed by atoms with E-state index in [4.69, 9.17) is 9.47 Å². The molecule has 11 atom stereocenters. The van der Waals surface area contributed by atoms with E-state index in [0.717, 1.165) is 25.7 Å². The van der Waals surface area contributed by atoms with Gasteiger partial charge in [0.05, 0.1) is 17.6 Å². The molecule has 0 aromatic rings. The van der Waals surface area contributed by atoms with E-state index in [1.807, 2.05) is 0 Å². The largest absolute Gasteiger partial charge is 0.462 e. The maximum Gasteiger partial charge on any atom is 0.302 e. The molecule has 1 saturated heterocycles. The number of esters is 1. The molecule has 1 aliphatic heterocycles. The molecule has 35 heavy (non-hydrogen) atoms. The number of carbonyl (C=O) groups excluding carboxylic acids is 2. The van der Waals surface area contributed by atoms with E-state index in [1.54, 1.807) is 0 Å². The lowest BCUT2D eigenvalue weighted by Gasteiger charge is -2.60. The fourth-order valence-electron chi connectivity index (χ4n) is 9.77. The molecule has 196 valence electrons. The van der Waals surface area contributed by atoms with Crippen LogP contribution in [0.2, 0.25) is 0 Å². The lowest BCUT2D eigenvalue weighted by atomic mass is 9.43. The number of Topliss-reactive ketones (excluding diaryl/α,β-unsaturated/α-hetero) is 1. The summed E-state index contributed by atoms with van der Waals surface area (Å²) in [5, 5.41) is 10.5. The Hall–Kier alpha value is -1.20. The van der Waals surface area contributed by atoms with Crippen LogP contribution in [-0.2, 0) is 19.1 Å². The fraction of sp³-hybridized carbons (Fsp3) is 0.867.